The van der Waals surface area contributed by atoms with Gasteiger partial charge in [0, 0.05) is 35.0 Å². The molecule has 222 valence electrons. The van der Waals surface area contributed by atoms with E-state index >= 15 is 0 Å². The molecule has 0 aromatic heterocycles. The number of amides is 2. The van der Waals surface area contributed by atoms with Gasteiger partial charge in [-0.25, -0.2) is 9.59 Å². The van der Waals surface area contributed by atoms with E-state index in [-0.39, 0.29) is 43.2 Å². The number of benzene rings is 2. The Morgan fingerprint density at radius 1 is 0.805 bits per heavy atom. The third-order valence-electron chi connectivity index (χ3n) is 6.41. The lowest BCUT2D eigenvalue weighted by molar-refractivity contribution is -0.140. The van der Waals surface area contributed by atoms with Crippen LogP contribution in [0, 0.1) is 6.92 Å². The monoisotopic (exact) mass is 572 g/mol. The largest absolute Gasteiger partial charge is 0.480 e. The second kappa shape index (κ2) is 15.3. The molecule has 2 atom stereocenters. The number of carboxylic acid groups (broad SMARTS) is 2. The van der Waals surface area contributed by atoms with Crippen LogP contribution >= 0.6 is 0 Å². The molecule has 0 aliphatic rings. The molecule has 0 saturated carbocycles. The van der Waals surface area contributed by atoms with Crippen molar-refractivity contribution in [3.05, 3.63) is 41.0 Å². The van der Waals surface area contributed by atoms with Gasteiger partial charge in [-0.3, -0.25) is 14.4 Å². The minimum atomic E-state index is -1.06. The number of hydrogen-bond donors (Lipinski definition) is 6. The zero-order valence-electron chi connectivity index (χ0n) is 23.6. The van der Waals surface area contributed by atoms with Crippen LogP contribution < -0.4 is 30.7 Å². The second-order valence-corrected chi connectivity index (χ2v) is 9.19. The lowest BCUT2D eigenvalue weighted by Gasteiger charge is -2.19. The molecule has 0 aliphatic heterocycles. The Bertz CT molecular complexity index is 1340. The van der Waals surface area contributed by atoms with Gasteiger partial charge in [0.15, 0.2) is 5.78 Å². The predicted molar refractivity (Wildman–Crippen MR) is 151 cm³/mol. The van der Waals surface area contributed by atoms with Crippen molar-refractivity contribution in [1.82, 2.24) is 21.3 Å². The first kappa shape index (κ1) is 32.7. The van der Waals surface area contributed by atoms with Gasteiger partial charge in [0.05, 0.1) is 0 Å². The van der Waals surface area contributed by atoms with Crippen molar-refractivity contribution in [3.8, 4) is 11.5 Å². The fourth-order valence-corrected chi connectivity index (χ4v) is 3.93. The first-order chi connectivity index (χ1) is 19.4. The van der Waals surface area contributed by atoms with Crippen molar-refractivity contribution in [3.63, 3.8) is 0 Å². The number of nitrogens with one attached hydrogen (secondary N) is 4. The Hall–Kier alpha value is -4.49. The number of fused-ring (bicyclic) bond motifs is 1. The topological polar surface area (TPSA) is 192 Å². The number of carbonyl (C=O) groups excluding carboxylic acids is 3. The average Bonchev–Trinajstić information content (AvgIpc) is 2.92. The normalized spacial score (nSPS) is 12.8. The zero-order valence-corrected chi connectivity index (χ0v) is 23.6. The van der Waals surface area contributed by atoms with Crippen LogP contribution in [0.4, 0.5) is 9.59 Å². The molecule has 0 unspecified atom stereocenters. The Morgan fingerprint density at radius 2 is 1.24 bits per heavy atom. The highest BCUT2D eigenvalue weighted by atomic mass is 16.6. The lowest BCUT2D eigenvalue weighted by Crippen LogP contribution is -2.38. The van der Waals surface area contributed by atoms with Crippen LogP contribution in [0.3, 0.4) is 0 Å². The Balaban J connectivity index is 2.44. The number of ether oxygens (including phenoxy) is 2. The number of allylic oxidation sites excluding steroid dienone is 1. The van der Waals surface area contributed by atoms with E-state index in [2.05, 4.69) is 21.3 Å². The van der Waals surface area contributed by atoms with Gasteiger partial charge >= 0.3 is 24.1 Å². The van der Waals surface area contributed by atoms with Crippen molar-refractivity contribution in [2.24, 2.45) is 0 Å². The molecule has 2 amide bonds. The Morgan fingerprint density at radius 3 is 1.66 bits per heavy atom. The minimum Gasteiger partial charge on any atom is -0.480 e. The van der Waals surface area contributed by atoms with E-state index in [9.17, 15) is 29.1 Å². The van der Waals surface area contributed by atoms with Gasteiger partial charge in [-0.1, -0.05) is 24.3 Å². The van der Waals surface area contributed by atoms with Crippen molar-refractivity contribution in [2.75, 3.05) is 27.2 Å². The van der Waals surface area contributed by atoms with Crippen LogP contribution in [0.5, 0.6) is 11.5 Å². The number of aliphatic carboxylic acids is 2. The van der Waals surface area contributed by atoms with Gasteiger partial charge in [-0.2, -0.15) is 0 Å². The highest BCUT2D eigenvalue weighted by molar-refractivity contribution is 6.03. The molecular weight excluding hydrogens is 536 g/mol. The van der Waals surface area contributed by atoms with Gasteiger partial charge in [0.2, 0.25) is 0 Å². The highest BCUT2D eigenvalue weighted by Gasteiger charge is 2.23. The summed E-state index contributed by atoms with van der Waals surface area (Å²) in [6, 6.07) is 5.04. The summed E-state index contributed by atoms with van der Waals surface area (Å²) in [5.74, 6) is -2.05. The van der Waals surface area contributed by atoms with Crippen LogP contribution in [0.1, 0.15) is 37.8 Å². The van der Waals surface area contributed by atoms with Crippen molar-refractivity contribution >= 4 is 46.8 Å². The molecule has 0 saturated heterocycles. The Kier molecular flexibility index (Phi) is 12.2. The van der Waals surface area contributed by atoms with Crippen LogP contribution in [0.2, 0.25) is 0 Å². The summed E-state index contributed by atoms with van der Waals surface area (Å²) in [5.41, 5.74) is 1.09. The van der Waals surface area contributed by atoms with Gasteiger partial charge in [-0.15, -0.1) is 0 Å². The van der Waals surface area contributed by atoms with Crippen molar-refractivity contribution in [1.29, 1.82) is 0 Å². The third-order valence-corrected chi connectivity index (χ3v) is 6.41. The summed E-state index contributed by atoms with van der Waals surface area (Å²) < 4.78 is 11.3. The molecule has 0 radical (unpaired) electrons. The minimum absolute atomic E-state index is 0.0167. The van der Waals surface area contributed by atoms with E-state index in [0.29, 0.717) is 27.5 Å². The van der Waals surface area contributed by atoms with Gasteiger partial charge in [0.1, 0.15) is 23.6 Å². The van der Waals surface area contributed by atoms with E-state index in [1.807, 2.05) is 0 Å². The van der Waals surface area contributed by atoms with E-state index in [0.717, 1.165) is 0 Å². The summed E-state index contributed by atoms with van der Waals surface area (Å²) in [6.45, 7) is 4.67. The summed E-state index contributed by atoms with van der Waals surface area (Å²) in [6.07, 6.45) is 0.106. The van der Waals surface area contributed by atoms with E-state index in [4.69, 9.17) is 14.6 Å². The Labute approximate surface area is 237 Å². The molecule has 0 fully saturated rings. The smallest absolute Gasteiger partial charge is 0.412 e. The molecule has 2 aromatic carbocycles. The molecule has 0 heterocycles. The van der Waals surface area contributed by atoms with Crippen molar-refractivity contribution in [2.45, 2.75) is 45.7 Å². The first-order valence-corrected chi connectivity index (χ1v) is 12.9. The van der Waals surface area contributed by atoms with Crippen molar-refractivity contribution < 1.29 is 43.7 Å². The van der Waals surface area contributed by atoms with E-state index < -0.39 is 36.2 Å². The maximum Gasteiger partial charge on any atom is 0.412 e. The number of likely N-dealkylation sites (N-methyl/N-ethyl adjacent to an activating group) is 2. The number of ketones is 1. The quantitative estimate of drug-likeness (QED) is 0.182. The molecular formula is C28H36N4O9. The molecule has 13 heteroatoms. The fourth-order valence-electron chi connectivity index (χ4n) is 3.93. The maximum atomic E-state index is 12.8. The predicted octanol–water partition coefficient (Wildman–Crippen LogP) is 2.44. The van der Waals surface area contributed by atoms with Gasteiger partial charge in [-0.05, 0) is 59.4 Å². The molecule has 0 aliphatic carbocycles. The SMILES string of the molecule is CN[C@@H](CCNC(=O)Oc1c(C)c(/C=C(\C)C(C)=O)c(OC(=O)NCC[C@@H](NC)C(=O)O)c2ccccc12)C(=O)O. The van der Waals surface area contributed by atoms with E-state index in [1.165, 1.54) is 27.1 Å². The van der Waals surface area contributed by atoms with Crippen LogP contribution in [0.25, 0.3) is 16.8 Å². The maximum absolute atomic E-state index is 12.8. The molecule has 2 rings (SSSR count). The average molecular weight is 573 g/mol. The molecule has 13 nitrogen and oxygen atoms in total. The van der Waals surface area contributed by atoms with Crippen LogP contribution in [-0.4, -0.2) is 79.4 Å². The molecule has 0 spiro atoms. The number of carboxylic acids is 2. The number of hydrogen-bond acceptors (Lipinski definition) is 9. The van der Waals surface area contributed by atoms with Gasteiger partial charge in [0.25, 0.3) is 0 Å². The van der Waals surface area contributed by atoms with Crippen LogP contribution in [0.15, 0.2) is 29.8 Å². The number of rotatable bonds is 14. The van der Waals surface area contributed by atoms with Gasteiger partial charge < -0.3 is 41.0 Å². The number of Topliss-reactive ketones (excluding diaryl/α,β-unsaturated/α-hetero) is 1. The fraction of sp³-hybridized carbons (Fsp3) is 0.393. The lowest BCUT2D eigenvalue weighted by atomic mass is 9.96. The summed E-state index contributed by atoms with van der Waals surface area (Å²) in [7, 11) is 3.00. The summed E-state index contributed by atoms with van der Waals surface area (Å²) in [5, 5.41) is 29.5. The summed E-state index contributed by atoms with van der Waals surface area (Å²) in [4.78, 5) is 59.9. The third kappa shape index (κ3) is 9.01. The summed E-state index contributed by atoms with van der Waals surface area (Å²) >= 11 is 0. The molecule has 41 heavy (non-hydrogen) atoms. The zero-order chi connectivity index (χ0) is 30.7. The van der Waals surface area contributed by atoms with E-state index in [1.54, 1.807) is 38.1 Å². The molecule has 2 aromatic rings. The first-order valence-electron chi connectivity index (χ1n) is 12.9. The molecule has 6 N–H and O–H groups in total. The standard InChI is InChI=1S/C28H36N4O9/c1-15(17(3)33)14-20-16(2)23(40-27(38)31-12-10-21(29-4)25(34)35)18-8-6-7-9-19(18)24(20)41-28(39)32-13-11-22(30-5)26(36)37/h6-9,14,21-22,29-30H,10-13H2,1-5H3,(H,31,38)(H,32,39)(H,34,35)(H,36,37)/b15-14+/t21-,22+/m0/s1. The second-order valence-electron chi connectivity index (χ2n) is 9.19. The number of carbonyl (C=O) groups is 5. The van der Waals surface area contributed by atoms with Crippen LogP contribution in [-0.2, 0) is 14.4 Å². The highest BCUT2D eigenvalue weighted by Crippen LogP contribution is 2.42. The molecule has 0 bridgehead atoms.